The molecule has 3 heteroatoms. The van der Waals surface area contributed by atoms with Gasteiger partial charge in [0.05, 0.1) is 0 Å². The lowest BCUT2D eigenvalue weighted by molar-refractivity contribution is 0.610. The second kappa shape index (κ2) is 4.41. The molecule has 1 fully saturated rings. The Morgan fingerprint density at radius 2 is 2.47 bits per heavy atom. The van der Waals surface area contributed by atoms with E-state index in [9.17, 15) is 0 Å². The van der Waals surface area contributed by atoms with E-state index in [2.05, 4.69) is 23.3 Å². The molecule has 78 valence electrons. The first kappa shape index (κ1) is 10.1. The molecule has 0 spiro atoms. The maximum Gasteiger partial charge on any atom is 0.144 e. The monoisotopic (exact) mass is 201 g/mol. The zero-order valence-corrected chi connectivity index (χ0v) is 8.90. The van der Waals surface area contributed by atoms with Gasteiger partial charge in [0.2, 0.25) is 0 Å². The molecule has 0 saturated heterocycles. The summed E-state index contributed by atoms with van der Waals surface area (Å²) in [6, 6.07) is 5.93. The summed E-state index contributed by atoms with van der Waals surface area (Å²) in [5.74, 6) is 1.72. The Labute approximate surface area is 90.1 Å². The van der Waals surface area contributed by atoms with Gasteiger partial charge in [-0.1, -0.05) is 13.0 Å². The Morgan fingerprint density at radius 1 is 1.67 bits per heavy atom. The van der Waals surface area contributed by atoms with E-state index in [0.29, 0.717) is 5.69 Å². The lowest BCUT2D eigenvalue weighted by Crippen LogP contribution is -2.17. The fraction of sp³-hybridized carbons (Fsp3) is 0.500. The second-order valence-electron chi connectivity index (χ2n) is 4.23. The molecule has 0 radical (unpaired) electrons. The van der Waals surface area contributed by atoms with Gasteiger partial charge >= 0.3 is 0 Å². The molecule has 3 nitrogen and oxygen atoms in total. The molecule has 1 heterocycles. The molecule has 2 atom stereocenters. The summed E-state index contributed by atoms with van der Waals surface area (Å²) in [6.45, 7) is 4.08. The summed E-state index contributed by atoms with van der Waals surface area (Å²) in [6.07, 6.45) is 3.00. The van der Waals surface area contributed by atoms with E-state index in [0.717, 1.165) is 30.5 Å². The summed E-state index contributed by atoms with van der Waals surface area (Å²) in [5, 5.41) is 12.2. The van der Waals surface area contributed by atoms with Gasteiger partial charge < -0.3 is 5.32 Å². The van der Waals surface area contributed by atoms with Crippen LogP contribution in [0.4, 0.5) is 0 Å². The summed E-state index contributed by atoms with van der Waals surface area (Å²) in [7, 11) is 0. The molecule has 15 heavy (non-hydrogen) atoms. The Morgan fingerprint density at radius 3 is 3.13 bits per heavy atom. The van der Waals surface area contributed by atoms with Crippen LogP contribution in [0.1, 0.15) is 24.6 Å². The number of rotatable bonds is 4. The third-order valence-corrected chi connectivity index (χ3v) is 3.00. The molecule has 0 amide bonds. The van der Waals surface area contributed by atoms with Crippen molar-refractivity contribution < 1.29 is 0 Å². The topological polar surface area (TPSA) is 48.7 Å². The molecule has 1 aliphatic carbocycles. The summed E-state index contributed by atoms with van der Waals surface area (Å²) < 4.78 is 0. The van der Waals surface area contributed by atoms with E-state index in [1.54, 1.807) is 6.20 Å². The van der Waals surface area contributed by atoms with E-state index >= 15 is 0 Å². The van der Waals surface area contributed by atoms with Crippen molar-refractivity contribution in [1.82, 2.24) is 10.3 Å². The molecule has 1 aliphatic rings. The molecular weight excluding hydrogens is 186 g/mol. The summed E-state index contributed by atoms with van der Waals surface area (Å²) in [4.78, 5) is 4.02. The van der Waals surface area contributed by atoms with Gasteiger partial charge in [-0.15, -0.1) is 0 Å². The SMILES string of the molecule is CC1CC1CNCc1cccnc1C#N. The van der Waals surface area contributed by atoms with Crippen molar-refractivity contribution in [2.75, 3.05) is 6.54 Å². The minimum atomic E-state index is 0.536. The highest BCUT2D eigenvalue weighted by Crippen LogP contribution is 2.36. The standard InChI is InChI=1S/C12H15N3/c1-9-5-11(9)8-14-7-10-3-2-4-15-12(10)6-13/h2-4,9,11,14H,5,7-8H2,1H3. The largest absolute Gasteiger partial charge is 0.312 e. The minimum absolute atomic E-state index is 0.536. The Bertz CT molecular complexity index is 381. The highest BCUT2D eigenvalue weighted by molar-refractivity contribution is 5.30. The van der Waals surface area contributed by atoms with Crippen LogP contribution in [0.25, 0.3) is 0 Å². The van der Waals surface area contributed by atoms with Crippen LogP contribution < -0.4 is 5.32 Å². The Balaban J connectivity index is 1.85. The van der Waals surface area contributed by atoms with Crippen molar-refractivity contribution in [2.45, 2.75) is 19.9 Å². The third-order valence-electron chi connectivity index (χ3n) is 3.00. The number of hydrogen-bond acceptors (Lipinski definition) is 3. The average Bonchev–Trinajstić information content (AvgIpc) is 2.95. The number of pyridine rings is 1. The lowest BCUT2D eigenvalue weighted by Gasteiger charge is -2.04. The number of hydrogen-bond donors (Lipinski definition) is 1. The fourth-order valence-electron chi connectivity index (χ4n) is 1.76. The summed E-state index contributed by atoms with van der Waals surface area (Å²) >= 11 is 0. The van der Waals surface area contributed by atoms with Crippen LogP contribution >= 0.6 is 0 Å². The first-order chi connectivity index (χ1) is 7.31. The molecule has 1 N–H and O–H groups in total. The minimum Gasteiger partial charge on any atom is -0.312 e. The van der Waals surface area contributed by atoms with Crippen LogP contribution in [-0.2, 0) is 6.54 Å². The Hall–Kier alpha value is -1.40. The van der Waals surface area contributed by atoms with Crippen molar-refractivity contribution >= 4 is 0 Å². The zero-order chi connectivity index (χ0) is 10.7. The highest BCUT2D eigenvalue weighted by atomic mass is 14.9. The van der Waals surface area contributed by atoms with Crippen molar-refractivity contribution in [3.05, 3.63) is 29.6 Å². The molecule has 2 rings (SSSR count). The molecule has 1 saturated carbocycles. The molecule has 1 aromatic rings. The summed E-state index contributed by atoms with van der Waals surface area (Å²) in [5.41, 5.74) is 1.53. The van der Waals surface area contributed by atoms with E-state index in [4.69, 9.17) is 5.26 Å². The Kier molecular flexibility index (Phi) is 2.98. The first-order valence-corrected chi connectivity index (χ1v) is 5.36. The van der Waals surface area contributed by atoms with Gasteiger partial charge in [0.1, 0.15) is 11.8 Å². The van der Waals surface area contributed by atoms with Crippen molar-refractivity contribution in [3.63, 3.8) is 0 Å². The number of aromatic nitrogens is 1. The predicted molar refractivity (Wildman–Crippen MR) is 57.9 cm³/mol. The number of nitrogens with one attached hydrogen (secondary N) is 1. The number of nitriles is 1. The van der Waals surface area contributed by atoms with Crippen LogP contribution in [0.2, 0.25) is 0 Å². The maximum atomic E-state index is 8.84. The van der Waals surface area contributed by atoms with Crippen LogP contribution in [0.3, 0.4) is 0 Å². The van der Waals surface area contributed by atoms with E-state index in [1.165, 1.54) is 6.42 Å². The highest BCUT2D eigenvalue weighted by Gasteiger charge is 2.31. The van der Waals surface area contributed by atoms with Gasteiger partial charge in [-0.2, -0.15) is 5.26 Å². The lowest BCUT2D eigenvalue weighted by atomic mass is 10.2. The molecule has 2 unspecified atom stereocenters. The molecule has 1 aromatic heterocycles. The smallest absolute Gasteiger partial charge is 0.144 e. The molecular formula is C12H15N3. The van der Waals surface area contributed by atoms with E-state index in [-0.39, 0.29) is 0 Å². The van der Waals surface area contributed by atoms with Gasteiger partial charge in [0.15, 0.2) is 0 Å². The van der Waals surface area contributed by atoms with Gasteiger partial charge in [-0.3, -0.25) is 0 Å². The molecule has 0 aliphatic heterocycles. The molecule has 0 bridgehead atoms. The quantitative estimate of drug-likeness (QED) is 0.806. The van der Waals surface area contributed by atoms with Gasteiger partial charge in [-0.25, -0.2) is 4.98 Å². The predicted octanol–water partition coefficient (Wildman–Crippen LogP) is 1.70. The third kappa shape index (κ3) is 2.54. The van der Waals surface area contributed by atoms with Crippen LogP contribution in [0, 0.1) is 23.2 Å². The first-order valence-electron chi connectivity index (χ1n) is 5.36. The van der Waals surface area contributed by atoms with Gasteiger partial charge in [0.25, 0.3) is 0 Å². The van der Waals surface area contributed by atoms with Crippen LogP contribution in [0.15, 0.2) is 18.3 Å². The van der Waals surface area contributed by atoms with Crippen molar-refractivity contribution in [2.24, 2.45) is 11.8 Å². The fourth-order valence-corrected chi connectivity index (χ4v) is 1.76. The van der Waals surface area contributed by atoms with Gasteiger partial charge in [0, 0.05) is 18.3 Å². The average molecular weight is 201 g/mol. The zero-order valence-electron chi connectivity index (χ0n) is 8.90. The molecule has 0 aromatic carbocycles. The number of nitrogens with zero attached hydrogens (tertiary/aromatic N) is 2. The van der Waals surface area contributed by atoms with Crippen LogP contribution in [-0.4, -0.2) is 11.5 Å². The van der Waals surface area contributed by atoms with Crippen molar-refractivity contribution in [1.29, 1.82) is 5.26 Å². The van der Waals surface area contributed by atoms with E-state index in [1.807, 2.05) is 12.1 Å². The maximum absolute atomic E-state index is 8.84. The van der Waals surface area contributed by atoms with Crippen molar-refractivity contribution in [3.8, 4) is 6.07 Å². The second-order valence-corrected chi connectivity index (χ2v) is 4.23. The van der Waals surface area contributed by atoms with Crippen LogP contribution in [0.5, 0.6) is 0 Å². The van der Waals surface area contributed by atoms with E-state index < -0.39 is 0 Å². The normalized spacial score (nSPS) is 23.5. The van der Waals surface area contributed by atoms with Gasteiger partial charge in [-0.05, 0) is 30.9 Å².